The van der Waals surface area contributed by atoms with Crippen LogP contribution < -0.4 is 5.32 Å². The van der Waals surface area contributed by atoms with Crippen LogP contribution in [0.4, 0.5) is 0 Å². The number of phenolic OH excluding ortho intramolecular Hbond substituents is 1. The van der Waals surface area contributed by atoms with Gasteiger partial charge in [-0.1, -0.05) is 24.6 Å². The maximum atomic E-state index is 10.2. The van der Waals surface area contributed by atoms with Gasteiger partial charge < -0.3 is 10.4 Å². The van der Waals surface area contributed by atoms with Gasteiger partial charge in [0.2, 0.25) is 0 Å². The fourth-order valence-corrected chi connectivity index (χ4v) is 3.01. The summed E-state index contributed by atoms with van der Waals surface area (Å²) in [5.41, 5.74) is 0.954. The van der Waals surface area contributed by atoms with Crippen molar-refractivity contribution in [2.24, 2.45) is 0 Å². The van der Waals surface area contributed by atoms with Gasteiger partial charge in [0.25, 0.3) is 0 Å². The lowest BCUT2D eigenvalue weighted by Gasteiger charge is -2.35. The normalized spacial score (nSPS) is 16.9. The molecular weight excluding hydrogens is 386 g/mol. The summed E-state index contributed by atoms with van der Waals surface area (Å²) in [6.45, 7) is 6.18. The lowest BCUT2D eigenvalue weighted by atomic mass is 10.0. The molecule has 7 heteroatoms. The minimum atomic E-state index is 0. The largest absolute Gasteiger partial charge is 0.506 e. The Balaban J connectivity index is 0.00000180. The van der Waals surface area contributed by atoms with Crippen LogP contribution in [0.5, 0.6) is 5.75 Å². The molecule has 1 aromatic carbocycles. The summed E-state index contributed by atoms with van der Waals surface area (Å²) in [6, 6.07) is 4.02. The third-order valence-electron chi connectivity index (χ3n) is 3.44. The third kappa shape index (κ3) is 4.39. The Kier molecular flexibility index (Phi) is 9.47. The molecule has 0 radical (unpaired) electrons. The highest BCUT2D eigenvalue weighted by atomic mass is 79.9. The van der Waals surface area contributed by atoms with E-state index in [0.29, 0.717) is 9.50 Å². The molecule has 1 aliphatic heterocycles. The summed E-state index contributed by atoms with van der Waals surface area (Å²) >= 11 is 9.33. The molecule has 2 N–H and O–H groups in total. The summed E-state index contributed by atoms with van der Waals surface area (Å²) in [4.78, 5) is 2.41. The smallest absolute Gasteiger partial charge is 0.136 e. The van der Waals surface area contributed by atoms with Gasteiger partial charge in [-0.2, -0.15) is 0 Å². The number of aromatic hydroxyl groups is 1. The van der Waals surface area contributed by atoms with E-state index < -0.39 is 0 Å². The highest BCUT2D eigenvalue weighted by molar-refractivity contribution is 9.10. The van der Waals surface area contributed by atoms with Gasteiger partial charge in [-0.3, -0.25) is 4.90 Å². The molecule has 1 heterocycles. The van der Waals surface area contributed by atoms with Crippen molar-refractivity contribution in [3.05, 3.63) is 27.2 Å². The van der Waals surface area contributed by atoms with Crippen LogP contribution in [0.3, 0.4) is 0 Å². The number of rotatable bonds is 3. The number of hydrogen-bond acceptors (Lipinski definition) is 3. The molecule has 0 amide bonds. The summed E-state index contributed by atoms with van der Waals surface area (Å²) in [5.74, 6) is 0.271. The lowest BCUT2D eigenvalue weighted by Crippen LogP contribution is -2.45. The quantitative estimate of drug-likeness (QED) is 0.796. The average molecular weight is 407 g/mol. The molecule has 1 saturated heterocycles. The summed E-state index contributed by atoms with van der Waals surface area (Å²) < 4.78 is 0.593. The molecular formula is C13H20BrCl3N2O. The molecule has 2 rings (SSSR count). The van der Waals surface area contributed by atoms with E-state index in [9.17, 15) is 5.11 Å². The molecule has 0 aromatic heterocycles. The van der Waals surface area contributed by atoms with Crippen molar-refractivity contribution < 1.29 is 5.11 Å². The highest BCUT2D eigenvalue weighted by Crippen LogP contribution is 2.39. The van der Waals surface area contributed by atoms with Crippen LogP contribution in [0.1, 0.15) is 24.9 Å². The first-order chi connectivity index (χ1) is 8.65. The van der Waals surface area contributed by atoms with E-state index in [0.717, 1.165) is 38.2 Å². The SMILES string of the molecule is CC[C@@H](c1ccc(Cl)c(Br)c1O)N1CCNCC1.Cl.Cl. The van der Waals surface area contributed by atoms with Gasteiger partial charge in [0, 0.05) is 37.8 Å². The van der Waals surface area contributed by atoms with Gasteiger partial charge in [-0.15, -0.1) is 24.8 Å². The third-order valence-corrected chi connectivity index (χ3v) is 4.78. The van der Waals surface area contributed by atoms with Crippen LogP contribution in [-0.4, -0.2) is 36.2 Å². The Labute approximate surface area is 146 Å². The van der Waals surface area contributed by atoms with Gasteiger partial charge >= 0.3 is 0 Å². The van der Waals surface area contributed by atoms with Gasteiger partial charge in [-0.05, 0) is 28.4 Å². The number of halogens is 4. The molecule has 116 valence electrons. The summed E-state index contributed by atoms with van der Waals surface area (Å²) in [5, 5.41) is 14.1. The van der Waals surface area contributed by atoms with Crippen LogP contribution in [0.2, 0.25) is 5.02 Å². The first kappa shape index (κ1) is 20.3. The zero-order chi connectivity index (χ0) is 13.1. The molecule has 1 aliphatic rings. The van der Waals surface area contributed by atoms with E-state index in [1.807, 2.05) is 12.1 Å². The predicted octanol–water partition coefficient (Wildman–Crippen LogP) is 4.01. The van der Waals surface area contributed by atoms with Crippen molar-refractivity contribution >= 4 is 52.3 Å². The van der Waals surface area contributed by atoms with Crippen molar-refractivity contribution in [3.8, 4) is 5.75 Å². The number of hydrogen-bond donors (Lipinski definition) is 2. The Morgan fingerprint density at radius 3 is 2.50 bits per heavy atom. The van der Waals surface area contributed by atoms with Crippen molar-refractivity contribution in [1.29, 1.82) is 0 Å². The molecule has 0 bridgehead atoms. The first-order valence-electron chi connectivity index (χ1n) is 6.26. The Bertz CT molecular complexity index is 428. The van der Waals surface area contributed by atoms with Gasteiger partial charge in [0.15, 0.2) is 0 Å². The number of piperazine rings is 1. The Morgan fingerprint density at radius 2 is 1.95 bits per heavy atom. The average Bonchev–Trinajstić information content (AvgIpc) is 2.41. The standard InChI is InChI=1S/C13H18BrClN2O.2ClH/c1-2-11(17-7-5-16-6-8-17)9-3-4-10(15)12(14)13(9)18;;/h3-4,11,16,18H,2,5-8H2,1H3;2*1H/t11-;;/m0../s1. The molecule has 3 nitrogen and oxygen atoms in total. The van der Waals surface area contributed by atoms with Gasteiger partial charge in [-0.25, -0.2) is 0 Å². The van der Waals surface area contributed by atoms with E-state index in [4.69, 9.17) is 11.6 Å². The maximum absolute atomic E-state index is 10.2. The Hall–Kier alpha value is 0.290. The van der Waals surface area contributed by atoms with E-state index >= 15 is 0 Å². The Morgan fingerprint density at radius 1 is 1.35 bits per heavy atom. The van der Waals surface area contributed by atoms with Crippen molar-refractivity contribution in [2.75, 3.05) is 26.2 Å². The van der Waals surface area contributed by atoms with Crippen LogP contribution in [-0.2, 0) is 0 Å². The highest BCUT2D eigenvalue weighted by Gasteiger charge is 2.24. The number of benzene rings is 1. The number of nitrogens with one attached hydrogen (secondary N) is 1. The predicted molar refractivity (Wildman–Crippen MR) is 92.8 cm³/mol. The van der Waals surface area contributed by atoms with Crippen LogP contribution in [0, 0.1) is 0 Å². The van der Waals surface area contributed by atoms with Crippen LogP contribution in [0.25, 0.3) is 0 Å². The monoisotopic (exact) mass is 404 g/mol. The van der Waals surface area contributed by atoms with Gasteiger partial charge in [0.05, 0.1) is 9.50 Å². The van der Waals surface area contributed by atoms with E-state index in [-0.39, 0.29) is 36.6 Å². The van der Waals surface area contributed by atoms with Crippen LogP contribution in [0.15, 0.2) is 16.6 Å². The second-order valence-electron chi connectivity index (χ2n) is 4.51. The molecule has 0 aliphatic carbocycles. The fourth-order valence-electron chi connectivity index (χ4n) is 2.49. The fraction of sp³-hybridized carbons (Fsp3) is 0.538. The summed E-state index contributed by atoms with van der Waals surface area (Å²) in [7, 11) is 0. The molecule has 1 aromatic rings. The second-order valence-corrected chi connectivity index (χ2v) is 5.71. The molecule has 0 unspecified atom stereocenters. The van der Waals surface area contributed by atoms with Crippen LogP contribution >= 0.6 is 52.3 Å². The topological polar surface area (TPSA) is 35.5 Å². The van der Waals surface area contributed by atoms with Gasteiger partial charge in [0.1, 0.15) is 5.75 Å². The number of nitrogens with zero attached hydrogens (tertiary/aromatic N) is 1. The summed E-state index contributed by atoms with van der Waals surface area (Å²) in [6.07, 6.45) is 0.974. The second kappa shape index (κ2) is 9.34. The van der Waals surface area contributed by atoms with Crippen molar-refractivity contribution in [2.45, 2.75) is 19.4 Å². The van der Waals surface area contributed by atoms with E-state index in [2.05, 4.69) is 33.1 Å². The van der Waals surface area contributed by atoms with E-state index in [1.54, 1.807) is 0 Å². The molecule has 1 fully saturated rings. The lowest BCUT2D eigenvalue weighted by molar-refractivity contribution is 0.167. The zero-order valence-electron chi connectivity index (χ0n) is 11.2. The number of phenols is 1. The van der Waals surface area contributed by atoms with Crippen molar-refractivity contribution in [3.63, 3.8) is 0 Å². The molecule has 1 atom stereocenters. The molecule has 20 heavy (non-hydrogen) atoms. The van der Waals surface area contributed by atoms with Crippen molar-refractivity contribution in [1.82, 2.24) is 10.2 Å². The zero-order valence-corrected chi connectivity index (χ0v) is 15.2. The first-order valence-corrected chi connectivity index (χ1v) is 7.44. The van der Waals surface area contributed by atoms with E-state index in [1.165, 1.54) is 0 Å². The maximum Gasteiger partial charge on any atom is 0.136 e. The minimum Gasteiger partial charge on any atom is -0.506 e. The molecule has 0 spiro atoms. The molecule has 0 saturated carbocycles. The minimum absolute atomic E-state index is 0.